The highest BCUT2D eigenvalue weighted by Crippen LogP contribution is 2.27. The average molecular weight is 260 g/mol. The lowest BCUT2D eigenvalue weighted by Gasteiger charge is -2.16. The number of carbonyl (C=O) groups is 1. The van der Waals surface area contributed by atoms with Crippen LogP contribution < -0.4 is 5.32 Å². The molecule has 88 valence electrons. The van der Waals surface area contributed by atoms with Crippen molar-refractivity contribution in [3.8, 4) is 0 Å². The molecular formula is C12H15Cl2NO. The van der Waals surface area contributed by atoms with Crippen molar-refractivity contribution in [1.82, 2.24) is 0 Å². The quantitative estimate of drug-likeness (QED) is 0.821. The summed E-state index contributed by atoms with van der Waals surface area (Å²) >= 11 is 11.0. The topological polar surface area (TPSA) is 29.1 Å². The number of nitrogens with one attached hydrogen (secondary N) is 1. The largest absolute Gasteiger partial charge is 0.323 e. The van der Waals surface area contributed by atoms with Gasteiger partial charge in [0.05, 0.1) is 0 Å². The molecule has 4 heteroatoms. The molecule has 1 aromatic carbocycles. The number of alkyl halides is 2. The van der Waals surface area contributed by atoms with Crippen molar-refractivity contribution in [3.63, 3.8) is 0 Å². The molecule has 0 spiro atoms. The first-order valence-electron chi connectivity index (χ1n) is 5.12. The van der Waals surface area contributed by atoms with Crippen molar-refractivity contribution in [2.24, 2.45) is 0 Å². The van der Waals surface area contributed by atoms with Gasteiger partial charge in [-0.1, -0.05) is 55.2 Å². The number of hydrogen-bond acceptors (Lipinski definition) is 1. The second kappa shape index (κ2) is 5.55. The predicted octanol–water partition coefficient (Wildman–Crippen LogP) is 3.86. The maximum Gasteiger partial charge on any atom is 0.257 e. The number of anilines is 1. The van der Waals surface area contributed by atoms with Gasteiger partial charge in [0, 0.05) is 5.69 Å². The number of carbonyl (C=O) groups excluding carboxylic acids is 1. The molecule has 0 aliphatic heterocycles. The first-order valence-corrected chi connectivity index (χ1v) is 5.99. The lowest BCUT2D eigenvalue weighted by atomic mass is 9.98. The number of rotatable bonds is 3. The minimum Gasteiger partial charge on any atom is -0.323 e. The van der Waals surface area contributed by atoms with Gasteiger partial charge in [-0.25, -0.2) is 0 Å². The SMILES string of the molecule is Cc1cccc(C(C)C)c1NC(=O)C(Cl)Cl. The first kappa shape index (κ1) is 13.3. The molecule has 0 radical (unpaired) electrons. The van der Waals surface area contributed by atoms with Gasteiger partial charge in [0.2, 0.25) is 0 Å². The van der Waals surface area contributed by atoms with E-state index in [9.17, 15) is 4.79 Å². The van der Waals surface area contributed by atoms with Crippen molar-refractivity contribution in [1.29, 1.82) is 0 Å². The molecule has 2 nitrogen and oxygen atoms in total. The van der Waals surface area contributed by atoms with Crippen LogP contribution in [0.2, 0.25) is 0 Å². The third-order valence-corrected chi connectivity index (χ3v) is 2.77. The van der Waals surface area contributed by atoms with Gasteiger partial charge in [-0.3, -0.25) is 4.79 Å². The Morgan fingerprint density at radius 3 is 2.44 bits per heavy atom. The van der Waals surface area contributed by atoms with Gasteiger partial charge in [-0.05, 0) is 24.0 Å². The summed E-state index contributed by atoms with van der Waals surface area (Å²) in [7, 11) is 0. The van der Waals surface area contributed by atoms with Gasteiger partial charge in [-0.15, -0.1) is 0 Å². The number of para-hydroxylation sites is 1. The molecule has 16 heavy (non-hydrogen) atoms. The summed E-state index contributed by atoms with van der Waals surface area (Å²) in [5.74, 6) is -0.0566. The molecule has 0 saturated carbocycles. The van der Waals surface area contributed by atoms with Crippen LogP contribution in [0, 0.1) is 6.92 Å². The molecule has 0 aromatic heterocycles. The third kappa shape index (κ3) is 3.13. The monoisotopic (exact) mass is 259 g/mol. The molecule has 1 amide bonds. The minimum atomic E-state index is -1.04. The summed E-state index contributed by atoms with van der Waals surface area (Å²) in [5, 5.41) is 2.76. The smallest absolute Gasteiger partial charge is 0.257 e. The highest BCUT2D eigenvalue weighted by atomic mass is 35.5. The molecule has 0 aliphatic carbocycles. The molecule has 0 bridgehead atoms. The number of halogens is 2. The zero-order valence-electron chi connectivity index (χ0n) is 9.55. The highest BCUT2D eigenvalue weighted by Gasteiger charge is 2.15. The summed E-state index contributed by atoms with van der Waals surface area (Å²) < 4.78 is 0. The Bertz CT molecular complexity index is 389. The molecule has 1 aromatic rings. The Labute approximate surface area is 106 Å². The van der Waals surface area contributed by atoms with Crippen LogP contribution >= 0.6 is 23.2 Å². The summed E-state index contributed by atoms with van der Waals surface area (Å²) in [6.07, 6.45) is 0. The zero-order valence-corrected chi connectivity index (χ0v) is 11.1. The molecular weight excluding hydrogens is 245 g/mol. The summed E-state index contributed by atoms with van der Waals surface area (Å²) in [5.41, 5.74) is 2.91. The average Bonchev–Trinajstić information content (AvgIpc) is 2.20. The van der Waals surface area contributed by atoms with Gasteiger partial charge < -0.3 is 5.32 Å². The maximum absolute atomic E-state index is 11.5. The van der Waals surface area contributed by atoms with E-state index in [-0.39, 0.29) is 5.91 Å². The molecule has 0 saturated heterocycles. The number of hydrogen-bond donors (Lipinski definition) is 1. The van der Waals surface area contributed by atoms with E-state index in [1.54, 1.807) is 0 Å². The van der Waals surface area contributed by atoms with E-state index in [2.05, 4.69) is 19.2 Å². The number of benzene rings is 1. The Hall–Kier alpha value is -0.730. The molecule has 0 fully saturated rings. The minimum absolute atomic E-state index is 0.333. The van der Waals surface area contributed by atoms with Crippen LogP contribution in [-0.4, -0.2) is 10.7 Å². The summed E-state index contributed by atoms with van der Waals surface area (Å²) in [6, 6.07) is 5.91. The lowest BCUT2D eigenvalue weighted by molar-refractivity contribution is -0.114. The van der Waals surface area contributed by atoms with Crippen LogP contribution in [0.3, 0.4) is 0 Å². The van der Waals surface area contributed by atoms with Gasteiger partial charge >= 0.3 is 0 Å². The van der Waals surface area contributed by atoms with Gasteiger partial charge in [-0.2, -0.15) is 0 Å². The van der Waals surface area contributed by atoms with Crippen LogP contribution in [0.15, 0.2) is 18.2 Å². The van der Waals surface area contributed by atoms with Crippen molar-refractivity contribution < 1.29 is 4.79 Å². The predicted molar refractivity (Wildman–Crippen MR) is 69.4 cm³/mol. The van der Waals surface area contributed by atoms with E-state index in [1.165, 1.54) is 0 Å². The Morgan fingerprint density at radius 2 is 1.94 bits per heavy atom. The Balaban J connectivity index is 3.06. The molecule has 1 rings (SSSR count). The first-order chi connectivity index (χ1) is 7.43. The van der Waals surface area contributed by atoms with Crippen LogP contribution in [0.5, 0.6) is 0 Å². The van der Waals surface area contributed by atoms with Crippen molar-refractivity contribution >= 4 is 34.8 Å². The summed E-state index contributed by atoms with van der Waals surface area (Å²) in [6.45, 7) is 6.09. The Morgan fingerprint density at radius 1 is 1.31 bits per heavy atom. The van der Waals surface area contributed by atoms with Crippen LogP contribution in [-0.2, 0) is 4.79 Å². The Kier molecular flexibility index (Phi) is 4.63. The lowest BCUT2D eigenvalue weighted by Crippen LogP contribution is -2.20. The van der Waals surface area contributed by atoms with Crippen molar-refractivity contribution in [2.75, 3.05) is 5.32 Å². The fourth-order valence-electron chi connectivity index (χ4n) is 1.52. The third-order valence-electron chi connectivity index (χ3n) is 2.37. The fraction of sp³-hybridized carbons (Fsp3) is 0.417. The van der Waals surface area contributed by atoms with E-state index in [1.807, 2.05) is 25.1 Å². The highest BCUT2D eigenvalue weighted by molar-refractivity contribution is 6.54. The molecule has 0 unspecified atom stereocenters. The molecule has 0 aliphatic rings. The van der Waals surface area contributed by atoms with Crippen LogP contribution in [0.4, 0.5) is 5.69 Å². The van der Waals surface area contributed by atoms with Crippen LogP contribution in [0.25, 0.3) is 0 Å². The number of amides is 1. The van der Waals surface area contributed by atoms with E-state index >= 15 is 0 Å². The normalized spacial score (nSPS) is 10.9. The second-order valence-electron chi connectivity index (χ2n) is 3.98. The van der Waals surface area contributed by atoms with Gasteiger partial charge in [0.25, 0.3) is 5.91 Å². The maximum atomic E-state index is 11.5. The van der Waals surface area contributed by atoms with Crippen LogP contribution in [0.1, 0.15) is 30.9 Å². The zero-order chi connectivity index (χ0) is 12.3. The molecule has 0 atom stereocenters. The van der Waals surface area contributed by atoms with E-state index in [0.717, 1.165) is 16.8 Å². The standard InChI is InChI=1S/C12H15Cl2NO/c1-7(2)9-6-4-5-8(3)10(9)15-12(16)11(13)14/h4-7,11H,1-3H3,(H,15,16). The molecule has 0 heterocycles. The second-order valence-corrected chi connectivity index (χ2v) is 5.08. The van der Waals surface area contributed by atoms with Crippen molar-refractivity contribution in [3.05, 3.63) is 29.3 Å². The van der Waals surface area contributed by atoms with Crippen molar-refractivity contribution in [2.45, 2.75) is 31.5 Å². The summed E-state index contributed by atoms with van der Waals surface area (Å²) in [4.78, 5) is 10.4. The van der Waals surface area contributed by atoms with E-state index in [0.29, 0.717) is 5.92 Å². The molecule has 1 N–H and O–H groups in total. The fourth-order valence-corrected chi connectivity index (χ4v) is 1.63. The van der Waals surface area contributed by atoms with E-state index < -0.39 is 4.84 Å². The van der Waals surface area contributed by atoms with E-state index in [4.69, 9.17) is 23.2 Å². The van der Waals surface area contributed by atoms with Gasteiger partial charge in [0.15, 0.2) is 4.84 Å². The number of aryl methyl sites for hydroxylation is 1. The van der Waals surface area contributed by atoms with Gasteiger partial charge in [0.1, 0.15) is 0 Å².